The molecule has 2 heterocycles. The van der Waals surface area contributed by atoms with E-state index in [1.807, 2.05) is 30.3 Å². The van der Waals surface area contributed by atoms with Crippen LogP contribution in [0.15, 0.2) is 48.5 Å². The second kappa shape index (κ2) is 6.19. The monoisotopic (exact) mass is 358 g/mol. The Kier molecular flexibility index (Phi) is 3.88. The van der Waals surface area contributed by atoms with Crippen LogP contribution < -0.4 is 4.74 Å². The van der Waals surface area contributed by atoms with Gasteiger partial charge < -0.3 is 9.72 Å². The van der Waals surface area contributed by atoms with E-state index in [2.05, 4.69) is 20.2 Å². The lowest BCUT2D eigenvalue weighted by Gasteiger charge is -2.03. The zero-order valence-corrected chi connectivity index (χ0v) is 13.9. The summed E-state index contributed by atoms with van der Waals surface area (Å²) in [5.41, 5.74) is 3.55. The Bertz CT molecular complexity index is 976. The summed E-state index contributed by atoms with van der Waals surface area (Å²) in [5, 5.41) is 8.10. The zero-order valence-electron chi connectivity index (χ0n) is 12.4. The molecule has 0 radical (unpaired) electrons. The minimum Gasteiger partial charge on any atom is -0.472 e. The first kappa shape index (κ1) is 15.1. The van der Waals surface area contributed by atoms with Gasteiger partial charge >= 0.3 is 0 Å². The summed E-state index contributed by atoms with van der Waals surface area (Å²) in [5.74, 6) is 1.20. The molecule has 0 saturated carbocycles. The van der Waals surface area contributed by atoms with Gasteiger partial charge in [-0.1, -0.05) is 41.4 Å². The smallest absolute Gasteiger partial charge is 0.233 e. The van der Waals surface area contributed by atoms with Gasteiger partial charge in [0.1, 0.15) is 12.3 Å². The summed E-state index contributed by atoms with van der Waals surface area (Å²) < 4.78 is 5.68. The molecule has 5 nitrogen and oxygen atoms in total. The number of imidazole rings is 1. The molecule has 0 amide bonds. The highest BCUT2D eigenvalue weighted by Gasteiger charge is 2.09. The molecule has 0 saturated heterocycles. The Hall–Kier alpha value is -2.50. The minimum absolute atomic E-state index is 0.349. The maximum Gasteiger partial charge on any atom is 0.233 e. The maximum atomic E-state index is 6.00. The number of para-hydroxylation sites is 2. The number of rotatable bonds is 4. The molecule has 0 aliphatic rings. The van der Waals surface area contributed by atoms with Gasteiger partial charge in [0, 0.05) is 6.07 Å². The van der Waals surface area contributed by atoms with E-state index >= 15 is 0 Å². The largest absolute Gasteiger partial charge is 0.472 e. The molecular formula is C17H12Cl2N4O. The van der Waals surface area contributed by atoms with Gasteiger partial charge in [-0.3, -0.25) is 5.10 Å². The van der Waals surface area contributed by atoms with Gasteiger partial charge in [0.15, 0.2) is 5.82 Å². The number of ether oxygens (including phenoxy) is 1. The van der Waals surface area contributed by atoms with Crippen LogP contribution in [0, 0.1) is 0 Å². The molecule has 0 spiro atoms. The van der Waals surface area contributed by atoms with Crippen molar-refractivity contribution in [3.05, 3.63) is 64.1 Å². The first-order chi connectivity index (χ1) is 11.7. The molecule has 2 aromatic carbocycles. The molecule has 0 aliphatic carbocycles. The number of halogens is 2. The number of nitrogens with one attached hydrogen (secondary N) is 2. The van der Waals surface area contributed by atoms with Crippen molar-refractivity contribution >= 4 is 34.2 Å². The van der Waals surface area contributed by atoms with Gasteiger partial charge in [0.25, 0.3) is 0 Å². The molecule has 0 fully saturated rings. The van der Waals surface area contributed by atoms with Crippen molar-refractivity contribution < 1.29 is 4.74 Å². The minimum atomic E-state index is 0.349. The van der Waals surface area contributed by atoms with E-state index in [1.165, 1.54) is 0 Å². The van der Waals surface area contributed by atoms with E-state index in [1.54, 1.807) is 18.2 Å². The van der Waals surface area contributed by atoms with Crippen LogP contribution in [-0.2, 0) is 6.61 Å². The van der Waals surface area contributed by atoms with Gasteiger partial charge in [-0.15, -0.1) is 5.10 Å². The Morgan fingerprint density at radius 1 is 1.00 bits per heavy atom. The van der Waals surface area contributed by atoms with Gasteiger partial charge in [-0.05, 0) is 29.8 Å². The summed E-state index contributed by atoms with van der Waals surface area (Å²) in [4.78, 5) is 7.76. The van der Waals surface area contributed by atoms with Crippen molar-refractivity contribution in [1.82, 2.24) is 20.2 Å². The van der Waals surface area contributed by atoms with Crippen LogP contribution in [0.3, 0.4) is 0 Å². The Morgan fingerprint density at radius 3 is 2.71 bits per heavy atom. The summed E-state index contributed by atoms with van der Waals surface area (Å²) in [6.45, 7) is 0.349. The molecule has 120 valence electrons. The van der Waals surface area contributed by atoms with Crippen LogP contribution in [0.4, 0.5) is 0 Å². The summed E-state index contributed by atoms with van der Waals surface area (Å²) >= 11 is 11.9. The number of aromatic nitrogens is 4. The third-order valence-corrected chi connectivity index (χ3v) is 4.31. The summed E-state index contributed by atoms with van der Waals surface area (Å²) in [7, 11) is 0. The highest BCUT2D eigenvalue weighted by Crippen LogP contribution is 2.24. The van der Waals surface area contributed by atoms with Crippen molar-refractivity contribution in [2.45, 2.75) is 6.61 Å². The second-order valence-corrected chi connectivity index (χ2v) is 6.07. The lowest BCUT2D eigenvalue weighted by Crippen LogP contribution is -1.95. The molecule has 4 rings (SSSR count). The van der Waals surface area contributed by atoms with Gasteiger partial charge in [0.2, 0.25) is 5.88 Å². The SMILES string of the molecule is Clc1ccc(COc2cc(-c3nc4ccccc4[nH]3)[nH]n2)cc1Cl. The normalized spacial score (nSPS) is 11.1. The lowest BCUT2D eigenvalue weighted by molar-refractivity contribution is 0.293. The Morgan fingerprint density at radius 2 is 1.88 bits per heavy atom. The van der Waals surface area contributed by atoms with Crippen LogP contribution in [-0.4, -0.2) is 20.2 Å². The second-order valence-electron chi connectivity index (χ2n) is 5.26. The van der Waals surface area contributed by atoms with Crippen LogP contribution in [0.2, 0.25) is 10.0 Å². The van der Waals surface area contributed by atoms with Crippen molar-refractivity contribution in [1.29, 1.82) is 0 Å². The lowest BCUT2D eigenvalue weighted by atomic mass is 10.2. The van der Waals surface area contributed by atoms with Crippen molar-refractivity contribution in [3.8, 4) is 17.4 Å². The van der Waals surface area contributed by atoms with Crippen LogP contribution in [0.25, 0.3) is 22.6 Å². The van der Waals surface area contributed by atoms with Crippen LogP contribution >= 0.6 is 23.2 Å². The van der Waals surface area contributed by atoms with Crippen molar-refractivity contribution in [3.63, 3.8) is 0 Å². The Labute approximate surface area is 147 Å². The molecule has 0 atom stereocenters. The van der Waals surface area contributed by atoms with E-state index in [4.69, 9.17) is 27.9 Å². The number of hydrogen-bond donors (Lipinski definition) is 2. The number of nitrogens with zero attached hydrogens (tertiary/aromatic N) is 2. The zero-order chi connectivity index (χ0) is 16.5. The molecule has 2 aromatic heterocycles. The molecule has 0 unspecified atom stereocenters. The number of hydrogen-bond acceptors (Lipinski definition) is 3. The average Bonchev–Trinajstić information content (AvgIpc) is 3.22. The van der Waals surface area contributed by atoms with Crippen LogP contribution in [0.1, 0.15) is 5.56 Å². The fourth-order valence-corrected chi connectivity index (χ4v) is 2.69. The van der Waals surface area contributed by atoms with E-state index in [0.717, 1.165) is 22.3 Å². The van der Waals surface area contributed by atoms with Crippen molar-refractivity contribution in [2.24, 2.45) is 0 Å². The fraction of sp³-hybridized carbons (Fsp3) is 0.0588. The third-order valence-electron chi connectivity index (χ3n) is 3.57. The third kappa shape index (κ3) is 2.96. The predicted molar refractivity (Wildman–Crippen MR) is 94.5 cm³/mol. The molecule has 0 bridgehead atoms. The van der Waals surface area contributed by atoms with E-state index in [0.29, 0.717) is 28.4 Å². The van der Waals surface area contributed by atoms with Gasteiger partial charge in [0.05, 0.1) is 21.1 Å². The topological polar surface area (TPSA) is 66.6 Å². The molecule has 4 aromatic rings. The molecule has 24 heavy (non-hydrogen) atoms. The predicted octanol–water partition coefficient (Wildman–Crippen LogP) is 4.84. The first-order valence-electron chi connectivity index (χ1n) is 7.26. The fourth-order valence-electron chi connectivity index (χ4n) is 2.37. The van der Waals surface area contributed by atoms with E-state index in [-0.39, 0.29) is 0 Å². The maximum absolute atomic E-state index is 6.00. The van der Waals surface area contributed by atoms with Gasteiger partial charge in [-0.2, -0.15) is 0 Å². The number of benzene rings is 2. The van der Waals surface area contributed by atoms with E-state index < -0.39 is 0 Å². The number of H-pyrrole nitrogens is 2. The van der Waals surface area contributed by atoms with Crippen molar-refractivity contribution in [2.75, 3.05) is 0 Å². The van der Waals surface area contributed by atoms with Gasteiger partial charge in [-0.25, -0.2) is 4.98 Å². The number of fused-ring (bicyclic) bond motifs is 1. The highest BCUT2D eigenvalue weighted by atomic mass is 35.5. The molecular weight excluding hydrogens is 347 g/mol. The molecule has 0 aliphatic heterocycles. The Balaban J connectivity index is 1.51. The standard InChI is InChI=1S/C17H12Cl2N4O/c18-11-6-5-10(7-12(11)19)9-24-16-8-15(22-23-16)17-20-13-3-1-2-4-14(13)21-17/h1-8H,9H2,(H,20,21)(H,22,23). The molecule has 7 heteroatoms. The average molecular weight is 359 g/mol. The molecule has 2 N–H and O–H groups in total. The first-order valence-corrected chi connectivity index (χ1v) is 8.02. The van der Waals surface area contributed by atoms with E-state index in [9.17, 15) is 0 Å². The van der Waals surface area contributed by atoms with Crippen LogP contribution in [0.5, 0.6) is 5.88 Å². The highest BCUT2D eigenvalue weighted by molar-refractivity contribution is 6.42. The number of aromatic amines is 2. The quantitative estimate of drug-likeness (QED) is 0.548. The summed E-state index contributed by atoms with van der Waals surface area (Å²) in [6, 6.07) is 15.0. The summed E-state index contributed by atoms with van der Waals surface area (Å²) in [6.07, 6.45) is 0.